The van der Waals surface area contributed by atoms with E-state index in [0.717, 1.165) is 25.7 Å². The lowest BCUT2D eigenvalue weighted by molar-refractivity contribution is 0.932. The maximum Gasteiger partial charge on any atom is 0.139 e. The average Bonchev–Trinajstić information content (AvgIpc) is 2.34. The van der Waals surface area contributed by atoms with Crippen LogP contribution in [0.3, 0.4) is 0 Å². The molecule has 2 heteroatoms. The van der Waals surface area contributed by atoms with E-state index in [1.54, 1.807) is 0 Å². The van der Waals surface area contributed by atoms with Crippen LogP contribution in [0.25, 0.3) is 0 Å². The molecule has 4 bridgehead atoms. The van der Waals surface area contributed by atoms with Crippen LogP contribution in [0.15, 0.2) is 36.4 Å². The highest BCUT2D eigenvalue weighted by Crippen LogP contribution is 2.12. The molecule has 0 N–H and O–H groups in total. The molecule has 0 atom stereocenters. The van der Waals surface area contributed by atoms with Crippen LogP contribution in [-0.2, 0) is 25.7 Å². The lowest BCUT2D eigenvalue weighted by atomic mass is 9.82. The highest BCUT2D eigenvalue weighted by Gasteiger charge is 2.06. The Labute approximate surface area is 111 Å². The molecule has 0 radical (unpaired) electrons. The molecule has 0 heterocycles. The Kier molecular flexibility index (Phi) is 3.03. The lowest BCUT2D eigenvalue weighted by Crippen LogP contribution is -2.17. The molecule has 0 unspecified atom stereocenters. The van der Waals surface area contributed by atoms with E-state index in [2.05, 4.69) is 52.1 Å². The largest absolute Gasteiger partial charge is 0.139 e. The minimum atomic E-state index is 1.15. The molecule has 4 aliphatic rings. The number of aryl methyl sites for hydroxylation is 4. The molecular formula is C16H18B2. The summed E-state index contributed by atoms with van der Waals surface area (Å²) in [5.41, 5.74) is 8.86. The standard InChI is InChI=1S/C16H18B2/c17-15-9-11-1-5-13(15)8-4-12-2-6-14(7-3-11)16(18)10-12/h1-2,5-6,9-10H,3-4,7-8,17-18H2. The summed E-state index contributed by atoms with van der Waals surface area (Å²) in [6.45, 7) is 0. The Morgan fingerprint density at radius 1 is 0.611 bits per heavy atom. The van der Waals surface area contributed by atoms with E-state index in [-0.39, 0.29) is 0 Å². The number of hydrogen-bond acceptors (Lipinski definition) is 0. The van der Waals surface area contributed by atoms with Crippen LogP contribution >= 0.6 is 0 Å². The topological polar surface area (TPSA) is 0 Å². The Morgan fingerprint density at radius 3 is 1.44 bits per heavy atom. The first-order valence-corrected chi connectivity index (χ1v) is 6.89. The van der Waals surface area contributed by atoms with Crippen LogP contribution in [0.4, 0.5) is 0 Å². The highest BCUT2D eigenvalue weighted by molar-refractivity contribution is 6.33. The Balaban J connectivity index is 2.03. The van der Waals surface area contributed by atoms with Gasteiger partial charge in [0.2, 0.25) is 0 Å². The average molecular weight is 232 g/mol. The van der Waals surface area contributed by atoms with Crippen molar-refractivity contribution in [1.29, 1.82) is 0 Å². The third-order valence-corrected chi connectivity index (χ3v) is 4.18. The molecule has 0 spiro atoms. The van der Waals surface area contributed by atoms with E-state index in [1.807, 2.05) is 0 Å². The van der Waals surface area contributed by atoms with Gasteiger partial charge in [0, 0.05) is 0 Å². The Morgan fingerprint density at radius 2 is 1.06 bits per heavy atom. The van der Waals surface area contributed by atoms with Gasteiger partial charge in [-0.1, -0.05) is 58.5 Å². The van der Waals surface area contributed by atoms with Gasteiger partial charge in [-0.3, -0.25) is 0 Å². The molecule has 0 nitrogen and oxygen atoms in total. The van der Waals surface area contributed by atoms with Crippen molar-refractivity contribution in [3.05, 3.63) is 58.7 Å². The van der Waals surface area contributed by atoms with Crippen molar-refractivity contribution >= 4 is 26.6 Å². The molecular weight excluding hydrogens is 214 g/mol. The molecule has 18 heavy (non-hydrogen) atoms. The summed E-state index contributed by atoms with van der Waals surface area (Å²) in [4.78, 5) is 0. The molecule has 88 valence electrons. The predicted molar refractivity (Wildman–Crippen MR) is 84.1 cm³/mol. The van der Waals surface area contributed by atoms with Crippen molar-refractivity contribution in [2.24, 2.45) is 0 Å². The van der Waals surface area contributed by atoms with Gasteiger partial charge >= 0.3 is 0 Å². The van der Waals surface area contributed by atoms with Gasteiger partial charge in [0.15, 0.2) is 0 Å². The quantitative estimate of drug-likeness (QED) is 0.564. The number of benzene rings is 2. The second-order valence-electron chi connectivity index (χ2n) is 5.52. The van der Waals surface area contributed by atoms with Crippen molar-refractivity contribution in [3.63, 3.8) is 0 Å². The van der Waals surface area contributed by atoms with E-state index in [9.17, 15) is 0 Å². The summed E-state index contributed by atoms with van der Waals surface area (Å²) in [5, 5.41) is 0. The molecule has 0 aromatic heterocycles. The zero-order valence-electron chi connectivity index (χ0n) is 11.3. The minimum absolute atomic E-state index is 1.15. The summed E-state index contributed by atoms with van der Waals surface area (Å²) in [6.07, 6.45) is 4.62. The van der Waals surface area contributed by atoms with E-state index in [1.165, 1.54) is 33.2 Å². The molecule has 0 amide bonds. The van der Waals surface area contributed by atoms with Crippen molar-refractivity contribution in [2.45, 2.75) is 25.7 Å². The maximum absolute atomic E-state index is 2.37. The number of hydrogen-bond donors (Lipinski definition) is 0. The lowest BCUT2D eigenvalue weighted by Gasteiger charge is -2.14. The van der Waals surface area contributed by atoms with Crippen LogP contribution < -0.4 is 10.9 Å². The third-order valence-electron chi connectivity index (χ3n) is 4.18. The first-order valence-electron chi connectivity index (χ1n) is 6.89. The van der Waals surface area contributed by atoms with Gasteiger partial charge in [-0.15, -0.1) is 0 Å². The van der Waals surface area contributed by atoms with Gasteiger partial charge in [-0.25, -0.2) is 0 Å². The van der Waals surface area contributed by atoms with Crippen molar-refractivity contribution in [1.82, 2.24) is 0 Å². The Bertz CT molecular complexity index is 534. The zero-order chi connectivity index (χ0) is 12.5. The monoisotopic (exact) mass is 232 g/mol. The molecule has 6 rings (SSSR count). The first-order chi connectivity index (χ1) is 8.72. The maximum atomic E-state index is 2.37. The van der Waals surface area contributed by atoms with Gasteiger partial charge in [-0.05, 0) is 36.8 Å². The fraction of sp³-hybridized carbons (Fsp3) is 0.250. The van der Waals surface area contributed by atoms with Gasteiger partial charge in [0.25, 0.3) is 0 Å². The van der Waals surface area contributed by atoms with Crippen molar-refractivity contribution < 1.29 is 0 Å². The fourth-order valence-electron chi connectivity index (χ4n) is 2.95. The summed E-state index contributed by atoms with van der Waals surface area (Å²) in [6, 6.07) is 14.0. The summed E-state index contributed by atoms with van der Waals surface area (Å²) in [5.74, 6) is 0. The van der Waals surface area contributed by atoms with Crippen LogP contribution in [0.2, 0.25) is 0 Å². The second-order valence-corrected chi connectivity index (χ2v) is 5.52. The van der Waals surface area contributed by atoms with Crippen LogP contribution in [-0.4, -0.2) is 15.7 Å². The highest BCUT2D eigenvalue weighted by atomic mass is 14.1. The van der Waals surface area contributed by atoms with E-state index in [4.69, 9.17) is 0 Å². The summed E-state index contributed by atoms with van der Waals surface area (Å²) >= 11 is 0. The fourth-order valence-corrected chi connectivity index (χ4v) is 2.95. The van der Waals surface area contributed by atoms with Gasteiger partial charge < -0.3 is 0 Å². The van der Waals surface area contributed by atoms with Crippen LogP contribution in [0, 0.1) is 0 Å². The van der Waals surface area contributed by atoms with Crippen LogP contribution in [0.5, 0.6) is 0 Å². The van der Waals surface area contributed by atoms with Gasteiger partial charge in [0.05, 0.1) is 0 Å². The van der Waals surface area contributed by atoms with E-state index in [0.29, 0.717) is 0 Å². The van der Waals surface area contributed by atoms with E-state index >= 15 is 0 Å². The number of rotatable bonds is 0. The zero-order valence-corrected chi connectivity index (χ0v) is 11.3. The summed E-state index contributed by atoms with van der Waals surface area (Å²) < 4.78 is 0. The molecule has 0 saturated carbocycles. The molecule has 0 aliphatic heterocycles. The Hall–Kier alpha value is -1.43. The predicted octanol–water partition coefficient (Wildman–Crippen LogP) is 0.0872. The molecule has 0 saturated heterocycles. The normalized spacial score (nSPS) is 14.2. The summed E-state index contributed by atoms with van der Waals surface area (Å²) in [7, 11) is 4.50. The third kappa shape index (κ3) is 2.24. The smallest absolute Gasteiger partial charge is 0.0855 e. The second kappa shape index (κ2) is 4.68. The van der Waals surface area contributed by atoms with Crippen molar-refractivity contribution in [2.75, 3.05) is 0 Å². The molecule has 2 aromatic rings. The van der Waals surface area contributed by atoms with Crippen molar-refractivity contribution in [3.8, 4) is 0 Å². The first kappa shape index (κ1) is 11.6. The van der Waals surface area contributed by atoms with Gasteiger partial charge in [0.1, 0.15) is 15.7 Å². The minimum Gasteiger partial charge on any atom is -0.0855 e. The van der Waals surface area contributed by atoms with E-state index < -0.39 is 0 Å². The molecule has 0 fully saturated rings. The molecule has 2 aromatic carbocycles. The molecule has 4 aliphatic carbocycles. The van der Waals surface area contributed by atoms with Crippen LogP contribution in [0.1, 0.15) is 22.3 Å². The van der Waals surface area contributed by atoms with Gasteiger partial charge in [-0.2, -0.15) is 0 Å². The SMILES string of the molecule is Bc1cc2ccc1CCc1ccc(c(B)c1)CC2.